The molecule has 0 N–H and O–H groups in total. The monoisotopic (exact) mass is 152 g/mol. The van der Waals surface area contributed by atoms with Gasteiger partial charge in [0.25, 0.3) is 0 Å². The van der Waals surface area contributed by atoms with E-state index in [1.807, 2.05) is 10.9 Å². The highest BCUT2D eigenvalue weighted by atomic mass is 15.3. The Bertz CT molecular complexity index is 215. The third kappa shape index (κ3) is 1.82. The highest BCUT2D eigenvalue weighted by Gasteiger charge is 2.04. The molecule has 0 radical (unpaired) electrons. The summed E-state index contributed by atoms with van der Waals surface area (Å²) in [6, 6.07) is 2.11. The fraction of sp³-hybridized carbons (Fsp3) is 0.667. The second-order valence-corrected chi connectivity index (χ2v) is 2.91. The van der Waals surface area contributed by atoms with E-state index in [1.165, 1.54) is 12.1 Å². The molecule has 1 aromatic heterocycles. The maximum absolute atomic E-state index is 4.42. The van der Waals surface area contributed by atoms with Gasteiger partial charge in [0, 0.05) is 12.7 Å². The summed E-state index contributed by atoms with van der Waals surface area (Å²) in [7, 11) is 0. The van der Waals surface area contributed by atoms with Crippen molar-refractivity contribution < 1.29 is 0 Å². The van der Waals surface area contributed by atoms with Crippen LogP contribution in [0.2, 0.25) is 0 Å². The maximum Gasteiger partial charge on any atom is 0.0652 e. The van der Waals surface area contributed by atoms with Gasteiger partial charge >= 0.3 is 0 Å². The molecule has 0 aliphatic carbocycles. The van der Waals surface area contributed by atoms with Crippen molar-refractivity contribution in [3.8, 4) is 0 Å². The van der Waals surface area contributed by atoms with Crippen molar-refractivity contribution in [2.24, 2.45) is 0 Å². The Morgan fingerprint density at radius 2 is 2.27 bits per heavy atom. The van der Waals surface area contributed by atoms with Crippen molar-refractivity contribution in [2.45, 2.75) is 39.7 Å². The van der Waals surface area contributed by atoms with Crippen LogP contribution in [0.25, 0.3) is 0 Å². The standard InChI is InChI=1S/C9H16N2/c1-4-8(3)9-6-7-11(5-2)10-9/h6-8H,4-5H2,1-3H3. The predicted octanol–water partition coefficient (Wildman–Crippen LogP) is 2.42. The molecule has 1 aromatic rings. The zero-order valence-electron chi connectivity index (χ0n) is 7.54. The normalized spacial score (nSPS) is 13.4. The molecule has 2 nitrogen and oxygen atoms in total. The largest absolute Gasteiger partial charge is 0.273 e. The van der Waals surface area contributed by atoms with Crippen LogP contribution in [0.3, 0.4) is 0 Å². The molecule has 0 aromatic carbocycles. The average molecular weight is 152 g/mol. The van der Waals surface area contributed by atoms with Crippen molar-refractivity contribution >= 4 is 0 Å². The first-order chi connectivity index (χ1) is 5.27. The molecule has 11 heavy (non-hydrogen) atoms. The lowest BCUT2D eigenvalue weighted by molar-refractivity contribution is 0.618. The van der Waals surface area contributed by atoms with Gasteiger partial charge < -0.3 is 0 Å². The lowest BCUT2D eigenvalue weighted by Gasteiger charge is -2.02. The molecule has 0 saturated carbocycles. The molecular weight excluding hydrogens is 136 g/mol. The van der Waals surface area contributed by atoms with Crippen molar-refractivity contribution in [3.63, 3.8) is 0 Å². The van der Waals surface area contributed by atoms with Crippen LogP contribution in [-0.2, 0) is 6.54 Å². The van der Waals surface area contributed by atoms with Crippen LogP contribution < -0.4 is 0 Å². The zero-order valence-corrected chi connectivity index (χ0v) is 7.54. The van der Waals surface area contributed by atoms with E-state index in [4.69, 9.17) is 0 Å². The Labute approximate surface area is 68.2 Å². The summed E-state index contributed by atoms with van der Waals surface area (Å²) in [4.78, 5) is 0. The smallest absolute Gasteiger partial charge is 0.0652 e. The van der Waals surface area contributed by atoms with Crippen molar-refractivity contribution in [1.82, 2.24) is 9.78 Å². The third-order valence-electron chi connectivity index (χ3n) is 2.10. The first-order valence-electron chi connectivity index (χ1n) is 4.31. The van der Waals surface area contributed by atoms with Crippen LogP contribution in [0.4, 0.5) is 0 Å². The Morgan fingerprint density at radius 1 is 1.55 bits per heavy atom. The molecule has 0 saturated heterocycles. The highest BCUT2D eigenvalue weighted by molar-refractivity contribution is 5.04. The Kier molecular flexibility index (Phi) is 2.69. The summed E-state index contributed by atoms with van der Waals surface area (Å²) in [5.41, 5.74) is 1.22. The molecule has 1 rings (SSSR count). The van der Waals surface area contributed by atoms with Gasteiger partial charge in [0.1, 0.15) is 0 Å². The first kappa shape index (κ1) is 8.31. The van der Waals surface area contributed by atoms with E-state index in [-0.39, 0.29) is 0 Å². The minimum Gasteiger partial charge on any atom is -0.273 e. The number of hydrogen-bond donors (Lipinski definition) is 0. The summed E-state index contributed by atoms with van der Waals surface area (Å²) < 4.78 is 1.97. The number of aryl methyl sites for hydroxylation is 1. The minimum atomic E-state index is 0.600. The van der Waals surface area contributed by atoms with Gasteiger partial charge in [0.15, 0.2) is 0 Å². The van der Waals surface area contributed by atoms with Gasteiger partial charge in [-0.2, -0.15) is 5.10 Å². The van der Waals surface area contributed by atoms with E-state index >= 15 is 0 Å². The molecule has 0 spiro atoms. The number of rotatable bonds is 3. The minimum absolute atomic E-state index is 0.600. The molecule has 0 bridgehead atoms. The average Bonchev–Trinajstić information content (AvgIpc) is 2.50. The Hall–Kier alpha value is -0.790. The Balaban J connectivity index is 2.71. The van der Waals surface area contributed by atoms with E-state index in [0.29, 0.717) is 5.92 Å². The molecule has 0 fully saturated rings. The Morgan fingerprint density at radius 3 is 2.73 bits per heavy atom. The van der Waals surface area contributed by atoms with Crippen LogP contribution in [-0.4, -0.2) is 9.78 Å². The lowest BCUT2D eigenvalue weighted by atomic mass is 10.1. The lowest BCUT2D eigenvalue weighted by Crippen LogP contribution is -1.97. The SMILES string of the molecule is CCC(C)c1ccn(CC)n1. The van der Waals surface area contributed by atoms with E-state index in [9.17, 15) is 0 Å². The van der Waals surface area contributed by atoms with Gasteiger partial charge in [-0.05, 0) is 25.3 Å². The molecule has 2 heteroatoms. The second-order valence-electron chi connectivity index (χ2n) is 2.91. The van der Waals surface area contributed by atoms with Gasteiger partial charge in [-0.1, -0.05) is 13.8 Å². The van der Waals surface area contributed by atoms with E-state index < -0.39 is 0 Å². The van der Waals surface area contributed by atoms with Crippen LogP contribution >= 0.6 is 0 Å². The summed E-state index contributed by atoms with van der Waals surface area (Å²) in [5, 5.41) is 4.42. The van der Waals surface area contributed by atoms with Crippen molar-refractivity contribution in [1.29, 1.82) is 0 Å². The van der Waals surface area contributed by atoms with Crippen molar-refractivity contribution in [3.05, 3.63) is 18.0 Å². The van der Waals surface area contributed by atoms with Crippen LogP contribution in [0, 0.1) is 0 Å². The summed E-state index contributed by atoms with van der Waals surface area (Å²) in [6.45, 7) is 7.47. The maximum atomic E-state index is 4.42. The molecule has 1 unspecified atom stereocenters. The molecule has 1 atom stereocenters. The molecule has 0 amide bonds. The quantitative estimate of drug-likeness (QED) is 0.650. The van der Waals surface area contributed by atoms with E-state index in [1.54, 1.807) is 0 Å². The third-order valence-corrected chi connectivity index (χ3v) is 2.10. The fourth-order valence-electron chi connectivity index (χ4n) is 1.03. The van der Waals surface area contributed by atoms with Gasteiger partial charge in [-0.15, -0.1) is 0 Å². The van der Waals surface area contributed by atoms with Gasteiger partial charge in [0.2, 0.25) is 0 Å². The summed E-state index contributed by atoms with van der Waals surface area (Å²) in [6.07, 6.45) is 3.21. The predicted molar refractivity (Wildman–Crippen MR) is 46.6 cm³/mol. The van der Waals surface area contributed by atoms with Gasteiger partial charge in [0.05, 0.1) is 5.69 Å². The molecular formula is C9H16N2. The number of nitrogens with zero attached hydrogens (tertiary/aromatic N) is 2. The van der Waals surface area contributed by atoms with Crippen LogP contribution in [0.1, 0.15) is 38.8 Å². The van der Waals surface area contributed by atoms with E-state index in [2.05, 4.69) is 31.9 Å². The topological polar surface area (TPSA) is 17.8 Å². The molecule has 0 aliphatic rings. The number of aromatic nitrogens is 2. The van der Waals surface area contributed by atoms with Crippen LogP contribution in [0.5, 0.6) is 0 Å². The van der Waals surface area contributed by atoms with Gasteiger partial charge in [-0.3, -0.25) is 4.68 Å². The zero-order chi connectivity index (χ0) is 8.27. The molecule has 62 valence electrons. The first-order valence-corrected chi connectivity index (χ1v) is 4.31. The van der Waals surface area contributed by atoms with E-state index in [0.717, 1.165) is 6.54 Å². The van der Waals surface area contributed by atoms with Crippen LogP contribution in [0.15, 0.2) is 12.3 Å². The molecule has 1 heterocycles. The fourth-order valence-corrected chi connectivity index (χ4v) is 1.03. The molecule has 0 aliphatic heterocycles. The number of hydrogen-bond acceptors (Lipinski definition) is 1. The highest BCUT2D eigenvalue weighted by Crippen LogP contribution is 2.15. The summed E-state index contributed by atoms with van der Waals surface area (Å²) in [5.74, 6) is 0.600. The summed E-state index contributed by atoms with van der Waals surface area (Å²) >= 11 is 0. The van der Waals surface area contributed by atoms with Gasteiger partial charge in [-0.25, -0.2) is 0 Å². The van der Waals surface area contributed by atoms with Crippen molar-refractivity contribution in [2.75, 3.05) is 0 Å². The second kappa shape index (κ2) is 3.56.